The number of nitrogens with one attached hydrogen (secondary N) is 1. The number of likely N-dealkylation sites (N-methyl/N-ethyl adjacent to an activating group) is 1. The Bertz CT molecular complexity index is 373. The van der Waals surface area contributed by atoms with Crippen LogP contribution in [0, 0.1) is 5.92 Å². The number of amides is 2. The smallest absolute Gasteiger partial charge is 0.326 e. The standard InChI is InChI=1S/C14H27N3O4/c1-9(2)11(8-16(3)4)15-14(20)17-7-10(21-5)6-12(17)13(18)19/h9-12H,6-8H2,1-5H3,(H,15,20)(H,18,19). The predicted molar refractivity (Wildman–Crippen MR) is 79.3 cm³/mol. The monoisotopic (exact) mass is 301 g/mol. The predicted octanol–water partition coefficient (Wildman–Crippen LogP) is 0.456. The van der Waals surface area contributed by atoms with Gasteiger partial charge in [0.1, 0.15) is 6.04 Å². The van der Waals surface area contributed by atoms with Gasteiger partial charge in [0, 0.05) is 32.7 Å². The van der Waals surface area contributed by atoms with E-state index in [4.69, 9.17) is 4.74 Å². The fourth-order valence-electron chi connectivity index (χ4n) is 2.48. The maximum absolute atomic E-state index is 12.4. The van der Waals surface area contributed by atoms with Gasteiger partial charge >= 0.3 is 12.0 Å². The summed E-state index contributed by atoms with van der Waals surface area (Å²) in [4.78, 5) is 27.0. The number of nitrogens with zero attached hydrogens (tertiary/aromatic N) is 2. The normalized spacial score (nSPS) is 23.7. The summed E-state index contributed by atoms with van der Waals surface area (Å²) < 4.78 is 5.20. The summed E-state index contributed by atoms with van der Waals surface area (Å²) in [6, 6.07) is -1.17. The van der Waals surface area contributed by atoms with Gasteiger partial charge in [-0.2, -0.15) is 0 Å². The van der Waals surface area contributed by atoms with Crippen LogP contribution in [0.1, 0.15) is 20.3 Å². The maximum atomic E-state index is 12.4. The molecule has 0 aromatic carbocycles. The molecule has 1 fully saturated rings. The lowest BCUT2D eigenvalue weighted by Gasteiger charge is -2.29. The molecule has 2 amide bonds. The van der Waals surface area contributed by atoms with Gasteiger partial charge in [-0.15, -0.1) is 0 Å². The number of hydrogen-bond donors (Lipinski definition) is 2. The number of carbonyl (C=O) groups excluding carboxylic acids is 1. The SMILES string of the molecule is COC1CC(C(=O)O)N(C(=O)NC(CN(C)C)C(C)C)C1. The largest absolute Gasteiger partial charge is 0.480 e. The third-order valence-electron chi connectivity index (χ3n) is 3.82. The molecule has 0 bridgehead atoms. The number of carboxylic acids is 1. The average Bonchev–Trinajstić information content (AvgIpc) is 2.81. The van der Waals surface area contributed by atoms with Crippen molar-refractivity contribution in [1.29, 1.82) is 0 Å². The number of aliphatic carboxylic acids is 1. The van der Waals surface area contributed by atoms with Gasteiger partial charge in [-0.1, -0.05) is 13.8 Å². The van der Waals surface area contributed by atoms with Crippen molar-refractivity contribution in [2.75, 3.05) is 34.3 Å². The van der Waals surface area contributed by atoms with E-state index in [2.05, 4.69) is 5.32 Å². The van der Waals surface area contributed by atoms with Gasteiger partial charge in [0.25, 0.3) is 0 Å². The molecule has 21 heavy (non-hydrogen) atoms. The van der Waals surface area contributed by atoms with Gasteiger partial charge in [0.05, 0.1) is 6.10 Å². The molecule has 0 spiro atoms. The van der Waals surface area contributed by atoms with E-state index in [1.54, 1.807) is 0 Å². The summed E-state index contributed by atoms with van der Waals surface area (Å²) >= 11 is 0. The minimum absolute atomic E-state index is 0.0245. The van der Waals surface area contributed by atoms with Gasteiger partial charge < -0.3 is 25.0 Å². The molecule has 1 saturated heterocycles. The number of carbonyl (C=O) groups is 2. The molecule has 0 aromatic heterocycles. The molecule has 2 N–H and O–H groups in total. The van der Waals surface area contributed by atoms with Gasteiger partial charge in [-0.05, 0) is 20.0 Å². The third kappa shape index (κ3) is 4.86. The zero-order valence-electron chi connectivity index (χ0n) is 13.5. The van der Waals surface area contributed by atoms with E-state index in [0.717, 1.165) is 0 Å². The summed E-state index contributed by atoms with van der Waals surface area (Å²) in [7, 11) is 5.42. The summed E-state index contributed by atoms with van der Waals surface area (Å²) in [6.45, 7) is 5.09. The average molecular weight is 301 g/mol. The number of likely N-dealkylation sites (tertiary alicyclic amines) is 1. The van der Waals surface area contributed by atoms with Crippen LogP contribution in [0.5, 0.6) is 0 Å². The van der Waals surface area contributed by atoms with Crippen LogP contribution in [-0.4, -0.2) is 79.4 Å². The quantitative estimate of drug-likeness (QED) is 0.744. The second-order valence-corrected chi connectivity index (χ2v) is 6.16. The van der Waals surface area contributed by atoms with Crippen molar-refractivity contribution in [3.63, 3.8) is 0 Å². The molecule has 0 radical (unpaired) electrons. The lowest BCUT2D eigenvalue weighted by molar-refractivity contribution is -0.141. The molecular weight excluding hydrogens is 274 g/mol. The fraction of sp³-hybridized carbons (Fsp3) is 0.857. The molecule has 1 aliphatic rings. The van der Waals surface area contributed by atoms with E-state index in [9.17, 15) is 14.7 Å². The number of hydrogen-bond acceptors (Lipinski definition) is 4. The molecule has 0 aliphatic carbocycles. The first-order valence-corrected chi connectivity index (χ1v) is 7.23. The molecule has 7 nitrogen and oxygen atoms in total. The Kier molecular flexibility index (Phi) is 6.42. The molecule has 122 valence electrons. The Morgan fingerprint density at radius 3 is 2.48 bits per heavy atom. The molecule has 1 aliphatic heterocycles. The van der Waals surface area contributed by atoms with Crippen molar-refractivity contribution in [2.24, 2.45) is 5.92 Å². The van der Waals surface area contributed by atoms with Crippen LogP contribution in [0.15, 0.2) is 0 Å². The maximum Gasteiger partial charge on any atom is 0.326 e. The molecule has 0 saturated carbocycles. The highest BCUT2D eigenvalue weighted by molar-refractivity contribution is 5.83. The topological polar surface area (TPSA) is 82.1 Å². The van der Waals surface area contributed by atoms with E-state index >= 15 is 0 Å². The molecule has 1 heterocycles. The number of ether oxygens (including phenoxy) is 1. The number of rotatable bonds is 6. The van der Waals surface area contributed by atoms with E-state index in [1.807, 2.05) is 32.8 Å². The van der Waals surface area contributed by atoms with Crippen LogP contribution in [0.4, 0.5) is 4.79 Å². The molecule has 1 rings (SSSR count). The van der Waals surface area contributed by atoms with Crippen LogP contribution in [0.3, 0.4) is 0 Å². The van der Waals surface area contributed by atoms with E-state index < -0.39 is 12.0 Å². The van der Waals surface area contributed by atoms with Crippen molar-refractivity contribution in [3.05, 3.63) is 0 Å². The van der Waals surface area contributed by atoms with Crippen molar-refractivity contribution in [3.8, 4) is 0 Å². The Morgan fingerprint density at radius 1 is 1.43 bits per heavy atom. The highest BCUT2D eigenvalue weighted by atomic mass is 16.5. The van der Waals surface area contributed by atoms with Crippen molar-refractivity contribution >= 4 is 12.0 Å². The molecule has 0 aromatic rings. The first-order valence-electron chi connectivity index (χ1n) is 7.23. The van der Waals surface area contributed by atoms with Crippen molar-refractivity contribution in [1.82, 2.24) is 15.1 Å². The second kappa shape index (κ2) is 7.61. The molecular formula is C14H27N3O4. The summed E-state index contributed by atoms with van der Waals surface area (Å²) in [6.07, 6.45) is 0.113. The van der Waals surface area contributed by atoms with Gasteiger partial charge in [0.2, 0.25) is 0 Å². The third-order valence-corrected chi connectivity index (χ3v) is 3.82. The molecule has 3 atom stereocenters. The summed E-state index contributed by atoms with van der Waals surface area (Å²) in [5.74, 6) is -0.723. The van der Waals surface area contributed by atoms with Crippen LogP contribution in [0.25, 0.3) is 0 Å². The van der Waals surface area contributed by atoms with Gasteiger partial charge in [0.15, 0.2) is 0 Å². The zero-order chi connectivity index (χ0) is 16.2. The number of urea groups is 1. The molecule has 7 heteroatoms. The number of carboxylic acid groups (broad SMARTS) is 1. The van der Waals surface area contributed by atoms with E-state index in [1.165, 1.54) is 12.0 Å². The minimum Gasteiger partial charge on any atom is -0.480 e. The first kappa shape index (κ1) is 17.7. The number of methoxy groups -OCH3 is 1. The Hall–Kier alpha value is -1.34. The van der Waals surface area contributed by atoms with Crippen LogP contribution in [0.2, 0.25) is 0 Å². The lowest BCUT2D eigenvalue weighted by Crippen LogP contribution is -2.53. The Labute approximate surface area is 126 Å². The van der Waals surface area contributed by atoms with E-state index in [0.29, 0.717) is 19.5 Å². The highest BCUT2D eigenvalue weighted by Gasteiger charge is 2.40. The van der Waals surface area contributed by atoms with Gasteiger partial charge in [-0.25, -0.2) is 9.59 Å². The fourth-order valence-corrected chi connectivity index (χ4v) is 2.48. The summed E-state index contributed by atoms with van der Waals surface area (Å²) in [5.41, 5.74) is 0. The minimum atomic E-state index is -0.988. The van der Waals surface area contributed by atoms with Gasteiger partial charge in [-0.3, -0.25) is 0 Å². The molecule has 3 unspecified atom stereocenters. The van der Waals surface area contributed by atoms with Crippen molar-refractivity contribution < 1.29 is 19.4 Å². The summed E-state index contributed by atoms with van der Waals surface area (Å²) in [5, 5.41) is 12.2. The van der Waals surface area contributed by atoms with Crippen LogP contribution < -0.4 is 5.32 Å². The second-order valence-electron chi connectivity index (χ2n) is 6.16. The Morgan fingerprint density at radius 2 is 2.05 bits per heavy atom. The van der Waals surface area contributed by atoms with Crippen molar-refractivity contribution in [2.45, 2.75) is 38.5 Å². The van der Waals surface area contributed by atoms with E-state index in [-0.39, 0.29) is 24.1 Å². The highest BCUT2D eigenvalue weighted by Crippen LogP contribution is 2.20. The van der Waals surface area contributed by atoms with Crippen LogP contribution in [-0.2, 0) is 9.53 Å². The van der Waals surface area contributed by atoms with Crippen LogP contribution >= 0.6 is 0 Å². The Balaban J connectivity index is 2.73. The zero-order valence-corrected chi connectivity index (χ0v) is 13.5. The first-order chi connectivity index (χ1) is 9.76. The lowest BCUT2D eigenvalue weighted by atomic mass is 10.0.